The number of hydrogen-bond acceptors (Lipinski definition) is 5. The molecular formula is C45H27N3OS. The fourth-order valence-corrected chi connectivity index (χ4v) is 7.24. The van der Waals surface area contributed by atoms with E-state index < -0.39 is 54.4 Å². The van der Waals surface area contributed by atoms with Gasteiger partial charge in [0.15, 0.2) is 17.5 Å². The SMILES string of the molecule is [2H]c1c([2H])c([2H])c(-c2c([2H])c(-c3nc(-c4ccc(-c5ccccc5)cc4)nc(-c4ccc5c(c4)oc4ccccc45)n3)c([2H])c3c2sc2c([2H])c([2H])c([2H])c([2H])c23)c([2H])c1[2H]. The molecule has 3 heterocycles. The predicted octanol–water partition coefficient (Wildman–Crippen LogP) is 12.5. The van der Waals surface area contributed by atoms with Crippen molar-refractivity contribution in [2.75, 3.05) is 0 Å². The van der Waals surface area contributed by atoms with E-state index in [2.05, 4.69) is 0 Å². The molecule has 0 N–H and O–H groups in total. The van der Waals surface area contributed by atoms with Crippen LogP contribution in [0, 0.1) is 0 Å². The molecular weight excluding hydrogens is 631 g/mol. The highest BCUT2D eigenvalue weighted by molar-refractivity contribution is 7.26. The molecule has 3 aromatic heterocycles. The van der Waals surface area contributed by atoms with E-state index in [-0.39, 0.29) is 66.4 Å². The fourth-order valence-electron chi connectivity index (χ4n) is 6.17. The summed E-state index contributed by atoms with van der Waals surface area (Å²) in [6.07, 6.45) is 0. The smallest absolute Gasteiger partial charge is 0.164 e. The normalized spacial score (nSPS) is 14.7. The van der Waals surface area contributed by atoms with Crippen LogP contribution < -0.4 is 0 Å². The molecule has 7 aromatic carbocycles. The Morgan fingerprint density at radius 3 is 1.94 bits per heavy atom. The van der Waals surface area contributed by atoms with Crippen LogP contribution in [0.2, 0.25) is 0 Å². The van der Waals surface area contributed by atoms with Gasteiger partial charge in [-0.05, 0) is 53.0 Å². The molecule has 5 heteroatoms. The lowest BCUT2D eigenvalue weighted by atomic mass is 9.99. The standard InChI is InChI=1S/C45H27N3OS/c1-3-11-28(12-4-1)29-19-21-31(22-20-29)43-46-44(32-23-24-35-34-15-7-9-17-39(34)49-40(35)27-32)48-45(47-43)33-25-37(30-13-5-2-6-14-30)42-38(26-33)36-16-8-10-18-41(36)50-42/h1-27H/i2D,5D,6D,8D,10D,13D,14D,16D,18D,25D,26D. The molecule has 0 radical (unpaired) electrons. The summed E-state index contributed by atoms with van der Waals surface area (Å²) in [4.78, 5) is 14.6. The number of thiophene rings is 1. The zero-order valence-corrected chi connectivity index (χ0v) is 26.7. The minimum absolute atomic E-state index is 0.000710. The highest BCUT2D eigenvalue weighted by Gasteiger charge is 2.18. The number of benzene rings is 7. The Hall–Kier alpha value is -6.43. The Morgan fingerprint density at radius 2 is 1.10 bits per heavy atom. The van der Waals surface area contributed by atoms with Crippen LogP contribution in [0.4, 0.5) is 0 Å². The number of nitrogens with zero attached hydrogens (tertiary/aromatic N) is 3. The largest absolute Gasteiger partial charge is 0.456 e. The van der Waals surface area contributed by atoms with E-state index in [0.29, 0.717) is 22.3 Å². The summed E-state index contributed by atoms with van der Waals surface area (Å²) in [5.41, 5.74) is 3.62. The van der Waals surface area contributed by atoms with Gasteiger partial charge in [-0.15, -0.1) is 11.3 Å². The van der Waals surface area contributed by atoms with Crippen LogP contribution in [-0.2, 0) is 0 Å². The van der Waals surface area contributed by atoms with Crippen molar-refractivity contribution in [3.63, 3.8) is 0 Å². The average molecular weight is 669 g/mol. The Kier molecular flexibility index (Phi) is 4.54. The Morgan fingerprint density at radius 1 is 0.460 bits per heavy atom. The first-order valence-electron chi connectivity index (χ1n) is 21.2. The molecule has 10 aromatic rings. The van der Waals surface area contributed by atoms with Crippen LogP contribution in [0.5, 0.6) is 0 Å². The maximum absolute atomic E-state index is 9.81. The minimum atomic E-state index is -0.643. The lowest BCUT2D eigenvalue weighted by molar-refractivity contribution is 0.669. The van der Waals surface area contributed by atoms with E-state index in [9.17, 15) is 2.74 Å². The second-order valence-electron chi connectivity index (χ2n) is 11.6. The molecule has 4 nitrogen and oxygen atoms in total. The summed E-state index contributed by atoms with van der Waals surface area (Å²) in [7, 11) is 0. The number of hydrogen-bond donors (Lipinski definition) is 0. The van der Waals surface area contributed by atoms with E-state index in [1.54, 1.807) is 6.07 Å². The average Bonchev–Trinajstić information content (AvgIpc) is 3.87. The van der Waals surface area contributed by atoms with Gasteiger partial charge >= 0.3 is 0 Å². The third kappa shape index (κ3) is 4.87. The van der Waals surface area contributed by atoms with Gasteiger partial charge in [0.25, 0.3) is 0 Å². The summed E-state index contributed by atoms with van der Waals surface area (Å²) in [6.45, 7) is 0. The van der Waals surface area contributed by atoms with E-state index in [1.807, 2.05) is 91.0 Å². The maximum Gasteiger partial charge on any atom is 0.164 e. The molecule has 0 aliphatic carbocycles. The lowest BCUT2D eigenvalue weighted by Crippen LogP contribution is -2.00. The summed E-state index contributed by atoms with van der Waals surface area (Å²) >= 11 is 0.864. The number of fused-ring (bicyclic) bond motifs is 6. The van der Waals surface area contributed by atoms with Gasteiger partial charge in [-0.1, -0.05) is 127 Å². The number of aromatic nitrogens is 3. The van der Waals surface area contributed by atoms with Crippen LogP contribution in [-0.4, -0.2) is 15.0 Å². The summed E-state index contributed by atoms with van der Waals surface area (Å²) in [5, 5.41) is 1.79. The molecule has 0 fully saturated rings. The molecule has 0 spiro atoms. The highest BCUT2D eigenvalue weighted by Crippen LogP contribution is 2.43. The first kappa shape index (κ1) is 19.5. The van der Waals surface area contributed by atoms with Gasteiger partial charge in [0.2, 0.25) is 0 Å². The van der Waals surface area contributed by atoms with E-state index in [0.717, 1.165) is 33.2 Å². The third-order valence-corrected chi connectivity index (χ3v) is 9.68. The van der Waals surface area contributed by atoms with Crippen LogP contribution >= 0.6 is 11.3 Å². The van der Waals surface area contributed by atoms with Crippen molar-refractivity contribution in [3.8, 4) is 56.4 Å². The molecule has 50 heavy (non-hydrogen) atoms. The maximum atomic E-state index is 9.81. The van der Waals surface area contributed by atoms with E-state index >= 15 is 0 Å². The molecule has 0 atom stereocenters. The van der Waals surface area contributed by atoms with Crippen LogP contribution in [0.15, 0.2) is 168 Å². The highest BCUT2D eigenvalue weighted by atomic mass is 32.1. The number of rotatable bonds is 5. The van der Waals surface area contributed by atoms with Crippen molar-refractivity contribution in [2.45, 2.75) is 0 Å². The van der Waals surface area contributed by atoms with Crippen LogP contribution in [0.1, 0.15) is 15.1 Å². The lowest BCUT2D eigenvalue weighted by Gasteiger charge is -2.11. The first-order chi connectivity index (χ1) is 29.3. The van der Waals surface area contributed by atoms with Gasteiger partial charge < -0.3 is 4.42 Å². The molecule has 0 saturated carbocycles. The molecule has 234 valence electrons. The van der Waals surface area contributed by atoms with Crippen LogP contribution in [0.3, 0.4) is 0 Å². The fraction of sp³-hybridized carbons (Fsp3) is 0. The van der Waals surface area contributed by atoms with Crippen molar-refractivity contribution in [2.24, 2.45) is 0 Å². The van der Waals surface area contributed by atoms with Gasteiger partial charge in [-0.2, -0.15) is 0 Å². The van der Waals surface area contributed by atoms with E-state index in [1.165, 1.54) is 0 Å². The summed E-state index contributed by atoms with van der Waals surface area (Å²) in [6, 6.07) is 24.8. The van der Waals surface area contributed by atoms with Crippen molar-refractivity contribution in [1.29, 1.82) is 0 Å². The van der Waals surface area contributed by atoms with Gasteiger partial charge in [0.05, 0.1) is 15.1 Å². The molecule has 0 amide bonds. The molecule has 10 rings (SSSR count). The first-order valence-corrected chi connectivity index (χ1v) is 16.5. The number of para-hydroxylation sites is 1. The van der Waals surface area contributed by atoms with E-state index in [4.69, 9.17) is 31.7 Å². The molecule has 0 aliphatic heterocycles. The monoisotopic (exact) mass is 668 g/mol. The van der Waals surface area contributed by atoms with Crippen molar-refractivity contribution < 1.29 is 19.5 Å². The summed E-state index contributed by atoms with van der Waals surface area (Å²) < 4.78 is 104. The second-order valence-corrected chi connectivity index (χ2v) is 12.6. The van der Waals surface area contributed by atoms with Gasteiger partial charge in [0.1, 0.15) is 11.2 Å². The number of furan rings is 1. The molecule has 0 bridgehead atoms. The van der Waals surface area contributed by atoms with Gasteiger partial charge in [-0.25, -0.2) is 15.0 Å². The molecule has 0 saturated heterocycles. The quantitative estimate of drug-likeness (QED) is 0.183. The zero-order valence-electron chi connectivity index (χ0n) is 36.9. The van der Waals surface area contributed by atoms with Crippen molar-refractivity contribution >= 4 is 53.4 Å². The van der Waals surface area contributed by atoms with Gasteiger partial charge in [-0.3, -0.25) is 0 Å². The Balaban J connectivity index is 1.31. The Bertz CT molecular complexity index is 3470. The van der Waals surface area contributed by atoms with Gasteiger partial charge in [0, 0.05) is 53.2 Å². The Labute approximate surface area is 307 Å². The minimum Gasteiger partial charge on any atom is -0.456 e. The topological polar surface area (TPSA) is 51.8 Å². The third-order valence-electron chi connectivity index (χ3n) is 8.56. The van der Waals surface area contributed by atoms with Crippen LogP contribution in [0.25, 0.3) is 98.5 Å². The van der Waals surface area contributed by atoms with Crippen molar-refractivity contribution in [3.05, 3.63) is 164 Å². The van der Waals surface area contributed by atoms with Crippen molar-refractivity contribution in [1.82, 2.24) is 15.0 Å². The summed E-state index contributed by atoms with van der Waals surface area (Å²) in [5.74, 6) is 0.196. The molecule has 0 unspecified atom stereocenters. The predicted molar refractivity (Wildman–Crippen MR) is 207 cm³/mol. The molecule has 0 aliphatic rings. The zero-order chi connectivity index (χ0) is 42.6. The second kappa shape index (κ2) is 11.6.